The molecular formula is C22H31N5O. The van der Waals surface area contributed by atoms with Gasteiger partial charge in [0.2, 0.25) is 0 Å². The molecule has 5 rings (SSSR count). The summed E-state index contributed by atoms with van der Waals surface area (Å²) >= 11 is 0. The smallest absolute Gasteiger partial charge is 0.122 e. The first-order valence-corrected chi connectivity index (χ1v) is 10.6. The van der Waals surface area contributed by atoms with Gasteiger partial charge in [0, 0.05) is 51.0 Å². The van der Waals surface area contributed by atoms with E-state index < -0.39 is 0 Å². The molecule has 2 saturated heterocycles. The van der Waals surface area contributed by atoms with E-state index in [-0.39, 0.29) is 17.6 Å². The predicted molar refractivity (Wildman–Crippen MR) is 109 cm³/mol. The first-order chi connectivity index (χ1) is 13.7. The van der Waals surface area contributed by atoms with Crippen molar-refractivity contribution in [3.05, 3.63) is 53.6 Å². The van der Waals surface area contributed by atoms with E-state index >= 15 is 0 Å². The van der Waals surface area contributed by atoms with Crippen molar-refractivity contribution in [2.24, 2.45) is 7.05 Å². The lowest BCUT2D eigenvalue weighted by molar-refractivity contribution is -0.0191. The van der Waals surface area contributed by atoms with Gasteiger partial charge in [-0.15, -0.1) is 0 Å². The Kier molecular flexibility index (Phi) is 4.75. The number of piperazine rings is 1. The third-order valence-electron chi connectivity index (χ3n) is 7.26. The molecule has 6 nitrogen and oxygen atoms in total. The monoisotopic (exact) mass is 381 g/mol. The number of aliphatic hydroxyl groups excluding tert-OH is 1. The highest BCUT2D eigenvalue weighted by molar-refractivity contribution is 5.45. The normalized spacial score (nSPS) is 27.9. The third kappa shape index (κ3) is 2.90. The Morgan fingerprint density at radius 2 is 1.89 bits per heavy atom. The van der Waals surface area contributed by atoms with E-state index in [0.717, 1.165) is 64.5 Å². The van der Waals surface area contributed by atoms with Gasteiger partial charge in [0.1, 0.15) is 5.82 Å². The van der Waals surface area contributed by atoms with E-state index in [1.807, 2.05) is 12.4 Å². The topological polar surface area (TPSA) is 56.6 Å². The molecule has 1 aliphatic carbocycles. The number of aryl methyl sites for hydroxylation is 1. The Morgan fingerprint density at radius 1 is 1.14 bits per heavy atom. The summed E-state index contributed by atoms with van der Waals surface area (Å²) in [5.41, 5.74) is 2.68. The van der Waals surface area contributed by atoms with Crippen LogP contribution in [0.1, 0.15) is 35.8 Å². The molecule has 3 aliphatic rings. The number of nitrogens with zero attached hydrogens (tertiary/aromatic N) is 4. The number of piperidine rings is 1. The van der Waals surface area contributed by atoms with Crippen molar-refractivity contribution in [1.29, 1.82) is 0 Å². The van der Waals surface area contributed by atoms with Crippen LogP contribution in [0.15, 0.2) is 36.7 Å². The minimum atomic E-state index is -0.312. The number of fused-ring (bicyclic) bond motifs is 2. The van der Waals surface area contributed by atoms with Crippen LogP contribution in [-0.2, 0) is 19.0 Å². The summed E-state index contributed by atoms with van der Waals surface area (Å²) < 4.78 is 2.10. The number of nitrogens with one attached hydrogen (secondary N) is 1. The SMILES string of the molecule is Cn1ccnc1CN1CCN([C@@H]2c3ccccc3C3(CCNCC3)[C@H]2O)CC1. The van der Waals surface area contributed by atoms with Gasteiger partial charge >= 0.3 is 0 Å². The molecular weight excluding hydrogens is 350 g/mol. The molecule has 2 fully saturated rings. The van der Waals surface area contributed by atoms with Crippen molar-refractivity contribution >= 4 is 0 Å². The molecule has 1 aromatic carbocycles. The quantitative estimate of drug-likeness (QED) is 0.839. The van der Waals surface area contributed by atoms with Crippen molar-refractivity contribution in [3.8, 4) is 0 Å². The number of hydrogen-bond donors (Lipinski definition) is 2. The fourth-order valence-corrected chi connectivity index (χ4v) is 5.62. The van der Waals surface area contributed by atoms with Crippen molar-refractivity contribution < 1.29 is 5.11 Å². The Hall–Kier alpha value is -1.73. The Bertz CT molecular complexity index is 820. The Balaban J connectivity index is 1.33. The first kappa shape index (κ1) is 18.3. The van der Waals surface area contributed by atoms with E-state index in [2.05, 4.69) is 56.0 Å². The third-order valence-corrected chi connectivity index (χ3v) is 7.26. The average molecular weight is 382 g/mol. The lowest BCUT2D eigenvalue weighted by Gasteiger charge is -2.43. The van der Waals surface area contributed by atoms with E-state index in [4.69, 9.17) is 0 Å². The highest BCUT2D eigenvalue weighted by Crippen LogP contribution is 2.52. The van der Waals surface area contributed by atoms with Crippen molar-refractivity contribution in [2.75, 3.05) is 39.3 Å². The first-order valence-electron chi connectivity index (χ1n) is 10.6. The highest BCUT2D eigenvalue weighted by atomic mass is 16.3. The molecule has 6 heteroatoms. The van der Waals surface area contributed by atoms with Gasteiger partial charge in [-0.3, -0.25) is 9.80 Å². The maximum Gasteiger partial charge on any atom is 0.122 e. The van der Waals surface area contributed by atoms with Crippen LogP contribution in [0.3, 0.4) is 0 Å². The highest BCUT2D eigenvalue weighted by Gasteiger charge is 2.53. The molecule has 1 spiro atoms. The lowest BCUT2D eigenvalue weighted by atomic mass is 9.72. The largest absolute Gasteiger partial charge is 0.390 e. The summed E-state index contributed by atoms with van der Waals surface area (Å²) in [6.45, 7) is 6.92. The van der Waals surface area contributed by atoms with Crippen LogP contribution >= 0.6 is 0 Å². The fourth-order valence-electron chi connectivity index (χ4n) is 5.62. The van der Waals surface area contributed by atoms with Crippen LogP contribution in [-0.4, -0.2) is 69.8 Å². The number of imidazole rings is 1. The van der Waals surface area contributed by atoms with Gasteiger partial charge < -0.3 is 15.0 Å². The van der Waals surface area contributed by atoms with Gasteiger partial charge in [0.15, 0.2) is 0 Å². The molecule has 150 valence electrons. The number of aliphatic hydroxyl groups is 1. The van der Waals surface area contributed by atoms with E-state index in [9.17, 15) is 5.11 Å². The average Bonchev–Trinajstić information content (AvgIpc) is 3.23. The number of benzene rings is 1. The molecule has 2 atom stereocenters. The summed E-state index contributed by atoms with van der Waals surface area (Å²) in [4.78, 5) is 9.47. The van der Waals surface area contributed by atoms with Gasteiger partial charge in [-0.2, -0.15) is 0 Å². The van der Waals surface area contributed by atoms with Crippen LogP contribution in [0.25, 0.3) is 0 Å². The van der Waals surface area contributed by atoms with Gasteiger partial charge in [-0.05, 0) is 37.1 Å². The maximum absolute atomic E-state index is 11.6. The molecule has 2 aliphatic heterocycles. The molecule has 0 unspecified atom stereocenters. The second-order valence-corrected chi connectivity index (χ2v) is 8.65. The zero-order chi connectivity index (χ0) is 19.1. The Morgan fingerprint density at radius 3 is 2.61 bits per heavy atom. The molecule has 0 bridgehead atoms. The minimum absolute atomic E-state index is 0.0728. The molecule has 28 heavy (non-hydrogen) atoms. The molecule has 0 amide bonds. The fraction of sp³-hybridized carbons (Fsp3) is 0.591. The lowest BCUT2D eigenvalue weighted by Crippen LogP contribution is -2.52. The van der Waals surface area contributed by atoms with E-state index in [0.29, 0.717) is 0 Å². The zero-order valence-electron chi connectivity index (χ0n) is 16.7. The molecule has 3 heterocycles. The van der Waals surface area contributed by atoms with Crippen LogP contribution in [0, 0.1) is 0 Å². The molecule has 0 radical (unpaired) electrons. The minimum Gasteiger partial charge on any atom is -0.390 e. The second-order valence-electron chi connectivity index (χ2n) is 8.65. The molecule has 2 N–H and O–H groups in total. The number of rotatable bonds is 3. The van der Waals surface area contributed by atoms with E-state index in [1.165, 1.54) is 11.1 Å². The number of hydrogen-bond acceptors (Lipinski definition) is 5. The van der Waals surface area contributed by atoms with Gasteiger partial charge in [-0.1, -0.05) is 24.3 Å². The standard InChI is InChI=1S/C22H31N5O/c1-25-11-10-24-19(25)16-26-12-14-27(15-13-26)20-17-4-2-3-5-18(17)22(21(20)28)6-8-23-9-7-22/h2-5,10-11,20-21,23,28H,6-9,12-16H2,1H3/t20-,21+/m1/s1. The predicted octanol–water partition coefficient (Wildman–Crippen LogP) is 1.27. The maximum atomic E-state index is 11.6. The van der Waals surface area contributed by atoms with Crippen LogP contribution in [0.2, 0.25) is 0 Å². The van der Waals surface area contributed by atoms with Gasteiger partial charge in [0.05, 0.1) is 18.7 Å². The summed E-state index contributed by atoms with van der Waals surface area (Å²) in [5.74, 6) is 1.12. The Labute approximate surface area is 167 Å². The van der Waals surface area contributed by atoms with Gasteiger partial charge in [-0.25, -0.2) is 4.98 Å². The zero-order valence-corrected chi connectivity index (χ0v) is 16.7. The number of aromatic nitrogens is 2. The summed E-state index contributed by atoms with van der Waals surface area (Å²) in [6, 6.07) is 8.92. The summed E-state index contributed by atoms with van der Waals surface area (Å²) in [7, 11) is 2.06. The van der Waals surface area contributed by atoms with Crippen molar-refractivity contribution in [2.45, 2.75) is 36.9 Å². The van der Waals surface area contributed by atoms with Crippen molar-refractivity contribution in [3.63, 3.8) is 0 Å². The second kappa shape index (κ2) is 7.26. The summed E-state index contributed by atoms with van der Waals surface area (Å²) in [6.07, 6.45) is 5.63. The molecule has 2 aromatic rings. The summed E-state index contributed by atoms with van der Waals surface area (Å²) in [5, 5.41) is 15.0. The van der Waals surface area contributed by atoms with Crippen LogP contribution in [0.4, 0.5) is 0 Å². The van der Waals surface area contributed by atoms with Crippen LogP contribution in [0.5, 0.6) is 0 Å². The molecule has 0 saturated carbocycles. The molecule has 1 aromatic heterocycles. The van der Waals surface area contributed by atoms with Crippen LogP contribution < -0.4 is 5.32 Å². The van der Waals surface area contributed by atoms with Crippen molar-refractivity contribution in [1.82, 2.24) is 24.7 Å². The van der Waals surface area contributed by atoms with Gasteiger partial charge in [0.25, 0.3) is 0 Å². The van der Waals surface area contributed by atoms with E-state index in [1.54, 1.807) is 0 Å².